The number of amidine groups is 1. The van der Waals surface area contributed by atoms with Crippen LogP contribution in [0.4, 0.5) is 0 Å². The maximum Gasteiger partial charge on any atom is 0.354 e. The van der Waals surface area contributed by atoms with Gasteiger partial charge in [-0.3, -0.25) is 9.56 Å². The number of aryl methyl sites for hydroxylation is 1. The normalized spacial score (nSPS) is 23.0. The molecule has 0 saturated carbocycles. The van der Waals surface area contributed by atoms with Gasteiger partial charge in [-0.15, -0.1) is 0 Å². The minimum Gasteiger partial charge on any atom is -0.351 e. The van der Waals surface area contributed by atoms with Gasteiger partial charge in [0, 0.05) is 29.9 Å². The Labute approximate surface area is 213 Å². The average molecular weight is 487 g/mol. The predicted octanol–water partition coefficient (Wildman–Crippen LogP) is 4.75. The van der Waals surface area contributed by atoms with Gasteiger partial charge in [0.2, 0.25) is 0 Å². The van der Waals surface area contributed by atoms with Crippen LogP contribution in [0.2, 0.25) is 0 Å². The van der Waals surface area contributed by atoms with Crippen LogP contribution in [0.15, 0.2) is 46.3 Å². The minimum atomic E-state index is -0.241. The Hall–Kier alpha value is -2.93. The van der Waals surface area contributed by atoms with Gasteiger partial charge < -0.3 is 15.2 Å². The van der Waals surface area contributed by atoms with Crippen LogP contribution in [0.25, 0.3) is 16.7 Å². The van der Waals surface area contributed by atoms with Gasteiger partial charge in [0.1, 0.15) is 5.65 Å². The second kappa shape index (κ2) is 10.2. The van der Waals surface area contributed by atoms with E-state index >= 15 is 0 Å². The van der Waals surface area contributed by atoms with E-state index < -0.39 is 0 Å². The van der Waals surface area contributed by atoms with Gasteiger partial charge in [-0.1, -0.05) is 12.1 Å². The summed E-state index contributed by atoms with van der Waals surface area (Å²) in [7, 11) is 0. The number of benzene rings is 1. The van der Waals surface area contributed by atoms with E-state index in [0.29, 0.717) is 17.7 Å². The largest absolute Gasteiger partial charge is 0.354 e. The second-order valence-corrected chi connectivity index (χ2v) is 10.9. The second-order valence-electron chi connectivity index (χ2n) is 10.9. The molecule has 0 bridgehead atoms. The summed E-state index contributed by atoms with van der Waals surface area (Å²) in [6.45, 7) is 5.41. The third-order valence-electron chi connectivity index (χ3n) is 8.56. The van der Waals surface area contributed by atoms with Crippen molar-refractivity contribution in [3.63, 3.8) is 0 Å². The molecule has 0 amide bonds. The Kier molecular flexibility index (Phi) is 6.65. The van der Waals surface area contributed by atoms with Crippen molar-refractivity contribution in [1.29, 1.82) is 0 Å². The van der Waals surface area contributed by atoms with E-state index in [1.54, 1.807) is 4.57 Å². The van der Waals surface area contributed by atoms with Gasteiger partial charge in [0.25, 0.3) is 0 Å². The molecule has 0 radical (unpaired) electrons. The molecule has 6 rings (SSSR count). The lowest BCUT2D eigenvalue weighted by atomic mass is 9.88. The first kappa shape index (κ1) is 23.5. The molecule has 0 aliphatic carbocycles. The fourth-order valence-electron chi connectivity index (χ4n) is 6.62. The monoisotopic (exact) mass is 486 g/mol. The molecule has 36 heavy (non-hydrogen) atoms. The number of aliphatic imine (C=N–C) groups is 1. The first-order chi connectivity index (χ1) is 17.7. The van der Waals surface area contributed by atoms with Crippen LogP contribution in [0.1, 0.15) is 75.6 Å². The topological polar surface area (TPSA) is 78.3 Å². The highest BCUT2D eigenvalue weighted by Gasteiger charge is 2.33. The molecule has 0 unspecified atom stereocenters. The molecule has 2 saturated heterocycles. The fourth-order valence-corrected chi connectivity index (χ4v) is 6.62. The zero-order chi connectivity index (χ0) is 24.5. The summed E-state index contributed by atoms with van der Waals surface area (Å²) in [6.07, 6.45) is 12.8. The number of fused-ring (bicyclic) bond motifs is 2. The van der Waals surface area contributed by atoms with E-state index in [1.807, 2.05) is 6.20 Å². The van der Waals surface area contributed by atoms with Gasteiger partial charge >= 0.3 is 5.69 Å². The third kappa shape index (κ3) is 4.73. The Morgan fingerprint density at radius 1 is 1.06 bits per heavy atom. The van der Waals surface area contributed by atoms with Gasteiger partial charge in [0.15, 0.2) is 0 Å². The standard InChI is InChI=1S/C29H38N6O/c1-20-31-17-14-26-6-3-7-27(35(20)26)22-8-10-25(11-9-22)34-19-23-18-24(32-28(23)33-29(34)36)5-2-4-21-12-15-30-16-13-21/h8-11,18-19,21,26-27,30H,2-7,12-17H2,1H3,(H,32,33,36)/t26-,27-/m0/s1. The minimum absolute atomic E-state index is 0.241. The molecule has 2 atom stereocenters. The van der Waals surface area contributed by atoms with Crippen LogP contribution in [0.3, 0.4) is 0 Å². The van der Waals surface area contributed by atoms with Crippen molar-refractivity contribution in [2.75, 3.05) is 19.6 Å². The van der Waals surface area contributed by atoms with Crippen molar-refractivity contribution in [1.82, 2.24) is 24.8 Å². The molecule has 2 N–H and O–H groups in total. The highest BCUT2D eigenvalue weighted by atomic mass is 16.1. The Morgan fingerprint density at radius 3 is 2.72 bits per heavy atom. The molecule has 1 aromatic carbocycles. The molecule has 3 aliphatic heterocycles. The number of hydrogen-bond donors (Lipinski definition) is 2. The van der Waals surface area contributed by atoms with Crippen LogP contribution < -0.4 is 11.0 Å². The molecular weight excluding hydrogens is 448 g/mol. The predicted molar refractivity (Wildman–Crippen MR) is 145 cm³/mol. The summed E-state index contributed by atoms with van der Waals surface area (Å²) < 4.78 is 1.68. The van der Waals surface area contributed by atoms with E-state index in [2.05, 4.69) is 57.4 Å². The molecule has 7 heteroatoms. The Morgan fingerprint density at radius 2 is 1.89 bits per heavy atom. The number of rotatable bonds is 6. The summed E-state index contributed by atoms with van der Waals surface area (Å²) in [5.41, 5.74) is 3.79. The third-order valence-corrected chi connectivity index (χ3v) is 8.56. The lowest BCUT2D eigenvalue weighted by Crippen LogP contribution is -2.47. The number of piperidine rings is 2. The smallest absolute Gasteiger partial charge is 0.351 e. The van der Waals surface area contributed by atoms with E-state index in [1.165, 1.54) is 55.6 Å². The zero-order valence-electron chi connectivity index (χ0n) is 21.4. The number of aromatic amines is 1. The quantitative estimate of drug-likeness (QED) is 0.527. The molecule has 3 aromatic rings. The maximum atomic E-state index is 12.9. The lowest BCUT2D eigenvalue weighted by molar-refractivity contribution is 0.150. The summed E-state index contributed by atoms with van der Waals surface area (Å²) >= 11 is 0. The summed E-state index contributed by atoms with van der Waals surface area (Å²) in [5, 5.41) is 4.44. The molecule has 0 spiro atoms. The molecule has 2 fully saturated rings. The lowest BCUT2D eigenvalue weighted by Gasteiger charge is -2.46. The maximum absolute atomic E-state index is 12.9. The first-order valence-corrected chi connectivity index (χ1v) is 13.9. The number of H-pyrrole nitrogens is 1. The van der Waals surface area contributed by atoms with E-state index in [0.717, 1.165) is 55.9 Å². The average Bonchev–Trinajstić information content (AvgIpc) is 3.30. The molecule has 5 heterocycles. The molecule has 190 valence electrons. The number of hydrogen-bond acceptors (Lipinski definition) is 5. The summed E-state index contributed by atoms with van der Waals surface area (Å²) in [6, 6.07) is 11.6. The van der Waals surface area contributed by atoms with E-state index in [9.17, 15) is 4.79 Å². The zero-order valence-corrected chi connectivity index (χ0v) is 21.4. The number of aromatic nitrogens is 3. The van der Waals surface area contributed by atoms with Crippen LogP contribution in [0, 0.1) is 5.92 Å². The van der Waals surface area contributed by atoms with Crippen molar-refractivity contribution in [3.8, 4) is 5.69 Å². The Balaban J connectivity index is 1.18. The van der Waals surface area contributed by atoms with Crippen LogP contribution in [-0.2, 0) is 6.42 Å². The molecule has 2 aromatic heterocycles. The van der Waals surface area contributed by atoms with Crippen molar-refractivity contribution in [2.24, 2.45) is 10.9 Å². The van der Waals surface area contributed by atoms with Crippen molar-refractivity contribution < 1.29 is 0 Å². The van der Waals surface area contributed by atoms with Crippen molar-refractivity contribution in [3.05, 3.63) is 58.3 Å². The van der Waals surface area contributed by atoms with E-state index in [4.69, 9.17) is 4.99 Å². The van der Waals surface area contributed by atoms with Crippen LogP contribution in [-0.4, -0.2) is 50.9 Å². The van der Waals surface area contributed by atoms with E-state index in [-0.39, 0.29) is 5.69 Å². The van der Waals surface area contributed by atoms with Crippen LogP contribution in [0.5, 0.6) is 0 Å². The fraction of sp³-hybridized carbons (Fsp3) is 0.552. The van der Waals surface area contributed by atoms with Gasteiger partial charge in [0.05, 0.1) is 17.6 Å². The molecular formula is C29H38N6O. The Bertz CT molecular complexity index is 1280. The van der Waals surface area contributed by atoms with Crippen molar-refractivity contribution in [2.45, 2.75) is 76.8 Å². The SMILES string of the molecule is CC1=NCC[C@@H]2CCC[C@@H](c3ccc(-n4cc5cc(CCCC6CCNCC6)[nH]c5nc4=O)cc3)N12. The summed E-state index contributed by atoms with van der Waals surface area (Å²) in [5.74, 6) is 2.02. The van der Waals surface area contributed by atoms with Gasteiger partial charge in [-0.05, 0) is 107 Å². The van der Waals surface area contributed by atoms with Crippen molar-refractivity contribution >= 4 is 16.9 Å². The van der Waals surface area contributed by atoms with Crippen LogP contribution >= 0.6 is 0 Å². The highest BCUT2D eigenvalue weighted by molar-refractivity contribution is 5.81. The van der Waals surface area contributed by atoms with Gasteiger partial charge in [-0.25, -0.2) is 4.79 Å². The number of nitrogens with one attached hydrogen (secondary N) is 2. The molecule has 3 aliphatic rings. The summed E-state index contributed by atoms with van der Waals surface area (Å²) in [4.78, 5) is 27.9. The molecule has 7 nitrogen and oxygen atoms in total. The highest BCUT2D eigenvalue weighted by Crippen LogP contribution is 2.37. The first-order valence-electron chi connectivity index (χ1n) is 13.9. The van der Waals surface area contributed by atoms with Gasteiger partial charge in [-0.2, -0.15) is 4.98 Å². The number of nitrogens with zero attached hydrogens (tertiary/aromatic N) is 4.